The molecule has 0 aliphatic carbocycles. The van der Waals surface area contributed by atoms with Gasteiger partial charge in [0.2, 0.25) is 0 Å². The third-order valence-corrected chi connectivity index (χ3v) is 2.55. The van der Waals surface area contributed by atoms with Gasteiger partial charge in [-0.3, -0.25) is 0 Å². The average Bonchev–Trinajstić information content (AvgIpc) is 2.09. The van der Waals surface area contributed by atoms with Crippen LogP contribution in [0, 0.1) is 5.92 Å². The Morgan fingerprint density at radius 3 is 2.21 bits per heavy atom. The molecule has 0 aromatic heterocycles. The summed E-state index contributed by atoms with van der Waals surface area (Å²) in [6.45, 7) is 12.5. The monoisotopic (exact) mass is 200 g/mol. The largest absolute Gasteiger partial charge is 0.316 e. The molecule has 0 unspecified atom stereocenters. The van der Waals surface area contributed by atoms with Crippen LogP contribution in [-0.4, -0.2) is 37.6 Å². The van der Waals surface area contributed by atoms with Crippen LogP contribution in [0.2, 0.25) is 0 Å². The van der Waals surface area contributed by atoms with E-state index in [0.29, 0.717) is 6.04 Å². The highest BCUT2D eigenvalue weighted by Gasteiger charge is 2.01. The molecule has 14 heavy (non-hydrogen) atoms. The van der Waals surface area contributed by atoms with Crippen molar-refractivity contribution in [3.05, 3.63) is 0 Å². The maximum absolute atomic E-state index is 3.47. The van der Waals surface area contributed by atoms with Gasteiger partial charge in [0.1, 0.15) is 0 Å². The predicted molar refractivity (Wildman–Crippen MR) is 64.7 cm³/mol. The molecule has 2 nitrogen and oxygen atoms in total. The number of nitrogens with zero attached hydrogens (tertiary/aromatic N) is 1. The molecule has 86 valence electrons. The lowest BCUT2D eigenvalue weighted by Gasteiger charge is -2.20. The Hall–Kier alpha value is -0.0800. The molecule has 0 aliphatic rings. The molecule has 1 N–H and O–H groups in total. The van der Waals surface area contributed by atoms with Gasteiger partial charge < -0.3 is 10.2 Å². The Labute approximate surface area is 90.1 Å². The summed E-state index contributed by atoms with van der Waals surface area (Å²) in [4.78, 5) is 2.41. The first-order valence-electron chi connectivity index (χ1n) is 5.95. The predicted octanol–water partition coefficient (Wildman–Crippen LogP) is 2.35. The highest BCUT2D eigenvalue weighted by atomic mass is 15.1. The lowest BCUT2D eigenvalue weighted by Crippen LogP contribution is -2.28. The van der Waals surface area contributed by atoms with Gasteiger partial charge >= 0.3 is 0 Å². The van der Waals surface area contributed by atoms with Crippen LogP contribution in [0.5, 0.6) is 0 Å². The van der Waals surface area contributed by atoms with E-state index in [4.69, 9.17) is 0 Å². The fraction of sp³-hybridized carbons (Fsp3) is 1.00. The van der Waals surface area contributed by atoms with E-state index in [1.807, 2.05) is 0 Å². The Balaban J connectivity index is 3.13. The van der Waals surface area contributed by atoms with Gasteiger partial charge in [-0.1, -0.05) is 13.8 Å². The van der Waals surface area contributed by atoms with Crippen LogP contribution in [0.4, 0.5) is 0 Å². The van der Waals surface area contributed by atoms with E-state index in [2.05, 4.69) is 45.0 Å². The molecular weight excluding hydrogens is 172 g/mol. The summed E-state index contributed by atoms with van der Waals surface area (Å²) in [6.07, 6.45) is 2.60. The van der Waals surface area contributed by atoms with Gasteiger partial charge in [0, 0.05) is 6.04 Å². The molecular formula is C12H28N2. The number of unbranched alkanes of at least 4 members (excludes halogenated alkanes) is 1. The highest BCUT2D eigenvalue weighted by Crippen LogP contribution is 1.97. The van der Waals surface area contributed by atoms with Gasteiger partial charge in [-0.15, -0.1) is 0 Å². The van der Waals surface area contributed by atoms with E-state index < -0.39 is 0 Å². The van der Waals surface area contributed by atoms with E-state index in [1.165, 1.54) is 25.9 Å². The third-order valence-electron chi connectivity index (χ3n) is 2.55. The number of rotatable bonds is 8. The first-order valence-corrected chi connectivity index (χ1v) is 5.95. The van der Waals surface area contributed by atoms with Crippen molar-refractivity contribution < 1.29 is 0 Å². The highest BCUT2D eigenvalue weighted by molar-refractivity contribution is 4.58. The molecule has 0 amide bonds. The van der Waals surface area contributed by atoms with Crippen LogP contribution in [0.25, 0.3) is 0 Å². The third kappa shape index (κ3) is 8.52. The van der Waals surface area contributed by atoms with Crippen LogP contribution < -0.4 is 5.32 Å². The molecule has 0 aromatic carbocycles. The Kier molecular flexibility index (Phi) is 8.20. The summed E-state index contributed by atoms with van der Waals surface area (Å²) in [6, 6.07) is 0.679. The van der Waals surface area contributed by atoms with Gasteiger partial charge in [-0.2, -0.15) is 0 Å². The second-order valence-electron chi connectivity index (χ2n) is 4.88. The van der Waals surface area contributed by atoms with Crippen molar-refractivity contribution in [1.82, 2.24) is 10.2 Å². The topological polar surface area (TPSA) is 15.3 Å². The second kappa shape index (κ2) is 8.25. The minimum absolute atomic E-state index is 0.679. The number of nitrogens with one attached hydrogen (secondary N) is 1. The molecule has 0 aliphatic heterocycles. The first kappa shape index (κ1) is 13.9. The quantitative estimate of drug-likeness (QED) is 0.605. The van der Waals surface area contributed by atoms with Crippen LogP contribution in [-0.2, 0) is 0 Å². The lowest BCUT2D eigenvalue weighted by atomic mass is 10.2. The molecule has 0 saturated heterocycles. The van der Waals surface area contributed by atoms with Crippen LogP contribution in [0.3, 0.4) is 0 Å². The van der Waals surface area contributed by atoms with E-state index in [0.717, 1.165) is 12.5 Å². The smallest absolute Gasteiger partial charge is 0.00355 e. The molecule has 0 heterocycles. The second-order valence-corrected chi connectivity index (χ2v) is 4.88. The van der Waals surface area contributed by atoms with Crippen molar-refractivity contribution in [2.75, 3.05) is 26.7 Å². The van der Waals surface area contributed by atoms with Gasteiger partial charge in [0.15, 0.2) is 0 Å². The SMILES string of the molecule is CC(C)CNCCCCN(C)C(C)C. The average molecular weight is 200 g/mol. The maximum Gasteiger partial charge on any atom is 0.00355 e. The van der Waals surface area contributed by atoms with Gasteiger partial charge in [-0.25, -0.2) is 0 Å². The molecule has 0 fully saturated rings. The van der Waals surface area contributed by atoms with E-state index in [-0.39, 0.29) is 0 Å². The molecule has 0 atom stereocenters. The van der Waals surface area contributed by atoms with Crippen molar-refractivity contribution in [2.24, 2.45) is 5.92 Å². The molecule has 0 saturated carbocycles. The summed E-state index contributed by atoms with van der Waals surface area (Å²) in [5.74, 6) is 0.772. The summed E-state index contributed by atoms with van der Waals surface area (Å²) < 4.78 is 0. The first-order chi connectivity index (χ1) is 6.54. The van der Waals surface area contributed by atoms with Gasteiger partial charge in [0.05, 0.1) is 0 Å². The normalized spacial score (nSPS) is 12.0. The summed E-state index contributed by atoms with van der Waals surface area (Å²) in [7, 11) is 2.20. The van der Waals surface area contributed by atoms with Crippen LogP contribution in [0.1, 0.15) is 40.5 Å². The zero-order valence-electron chi connectivity index (χ0n) is 10.6. The van der Waals surface area contributed by atoms with Crippen LogP contribution >= 0.6 is 0 Å². The molecule has 0 bridgehead atoms. The summed E-state index contributed by atoms with van der Waals surface area (Å²) in [5, 5.41) is 3.47. The maximum atomic E-state index is 3.47. The zero-order valence-corrected chi connectivity index (χ0v) is 10.6. The molecule has 0 radical (unpaired) electrons. The molecule has 0 spiro atoms. The fourth-order valence-electron chi connectivity index (χ4n) is 1.26. The van der Waals surface area contributed by atoms with Crippen LogP contribution in [0.15, 0.2) is 0 Å². The lowest BCUT2D eigenvalue weighted by molar-refractivity contribution is 0.268. The van der Waals surface area contributed by atoms with Gasteiger partial charge in [0.25, 0.3) is 0 Å². The van der Waals surface area contributed by atoms with Crippen molar-refractivity contribution in [1.29, 1.82) is 0 Å². The van der Waals surface area contributed by atoms with E-state index >= 15 is 0 Å². The van der Waals surface area contributed by atoms with E-state index in [1.54, 1.807) is 0 Å². The minimum Gasteiger partial charge on any atom is -0.316 e. The van der Waals surface area contributed by atoms with Crippen molar-refractivity contribution in [2.45, 2.75) is 46.6 Å². The van der Waals surface area contributed by atoms with Crippen molar-refractivity contribution in [3.63, 3.8) is 0 Å². The van der Waals surface area contributed by atoms with Gasteiger partial charge in [-0.05, 0) is 59.3 Å². The number of hydrogen-bond acceptors (Lipinski definition) is 2. The van der Waals surface area contributed by atoms with Crippen molar-refractivity contribution in [3.8, 4) is 0 Å². The van der Waals surface area contributed by atoms with E-state index in [9.17, 15) is 0 Å². The molecule has 0 aromatic rings. The standard InChI is InChI=1S/C12H28N2/c1-11(2)10-13-8-6-7-9-14(5)12(3)4/h11-13H,6-10H2,1-5H3. The zero-order chi connectivity index (χ0) is 11.0. The molecule has 0 rings (SSSR count). The number of hydrogen-bond donors (Lipinski definition) is 1. The summed E-state index contributed by atoms with van der Waals surface area (Å²) >= 11 is 0. The van der Waals surface area contributed by atoms with Crippen molar-refractivity contribution >= 4 is 0 Å². The minimum atomic E-state index is 0.679. The molecule has 2 heteroatoms. The Morgan fingerprint density at radius 1 is 1.07 bits per heavy atom. The Bertz CT molecular complexity index is 121. The Morgan fingerprint density at radius 2 is 1.71 bits per heavy atom. The summed E-state index contributed by atoms with van der Waals surface area (Å²) in [5.41, 5.74) is 0. The fourth-order valence-corrected chi connectivity index (χ4v) is 1.26.